The number of ether oxygens (including phenoxy) is 5. The fourth-order valence-electron chi connectivity index (χ4n) is 9.04. The van der Waals surface area contributed by atoms with Crippen LogP contribution >= 0.6 is 0 Å². The molecule has 1 rings (SSSR count). The average molecular weight is 1030 g/mol. The van der Waals surface area contributed by atoms with Crippen LogP contribution in [0.25, 0.3) is 0 Å². The van der Waals surface area contributed by atoms with Gasteiger partial charge in [-0.05, 0) is 77.0 Å². The van der Waals surface area contributed by atoms with E-state index in [2.05, 4.69) is 57.2 Å². The summed E-state index contributed by atoms with van der Waals surface area (Å²) in [4.78, 5) is 51.0. The van der Waals surface area contributed by atoms with E-state index >= 15 is 0 Å². The van der Waals surface area contributed by atoms with Crippen molar-refractivity contribution in [1.29, 1.82) is 0 Å². The maximum Gasteiger partial charge on any atom is 0.335 e. The molecule has 0 bridgehead atoms. The fraction of sp³-hybridized carbons (Fsp3) is 0.836. The molecule has 1 saturated heterocycles. The number of carbonyl (C=O) groups is 4. The molecular formula is C61H108O12. The van der Waals surface area contributed by atoms with Crippen LogP contribution in [0.5, 0.6) is 0 Å². The van der Waals surface area contributed by atoms with Gasteiger partial charge in [0.2, 0.25) is 0 Å². The van der Waals surface area contributed by atoms with Gasteiger partial charge in [-0.25, -0.2) is 4.79 Å². The largest absolute Gasteiger partial charge is 0.479 e. The van der Waals surface area contributed by atoms with E-state index in [1.165, 1.54) is 122 Å². The highest BCUT2D eigenvalue weighted by Gasteiger charge is 2.50. The monoisotopic (exact) mass is 1030 g/mol. The average Bonchev–Trinajstić information content (AvgIpc) is 3.37. The minimum absolute atomic E-state index is 0.0578. The summed E-state index contributed by atoms with van der Waals surface area (Å²) in [6, 6.07) is 0. The second-order valence-corrected chi connectivity index (χ2v) is 20.6. The number of aliphatic hydroxyl groups is 2. The molecule has 0 radical (unpaired) electrons. The van der Waals surface area contributed by atoms with E-state index in [1.807, 2.05) is 0 Å². The molecule has 12 nitrogen and oxygen atoms in total. The minimum Gasteiger partial charge on any atom is -0.479 e. The SMILES string of the molecule is CCCCC/C=C\C/C=C\CCCCCCCCCCCC(=O)OC1C(OCC(COC(=O)CCCCCCC/C=C\CCCCCCCC)OC(=O)CCCCCCCCCCC)OC(C(=O)O)C(O)C1O. The Kier molecular flexibility index (Phi) is 46.4. The Hall–Kier alpha value is -3.06. The van der Waals surface area contributed by atoms with Crippen LogP contribution in [-0.2, 0) is 42.9 Å². The molecule has 0 amide bonds. The Morgan fingerprint density at radius 2 is 0.822 bits per heavy atom. The van der Waals surface area contributed by atoms with E-state index in [-0.39, 0.29) is 25.9 Å². The van der Waals surface area contributed by atoms with Gasteiger partial charge in [-0.2, -0.15) is 0 Å². The van der Waals surface area contributed by atoms with Crippen molar-refractivity contribution in [2.45, 2.75) is 314 Å². The van der Waals surface area contributed by atoms with Gasteiger partial charge in [0, 0.05) is 19.3 Å². The quantitative estimate of drug-likeness (QED) is 0.0228. The highest BCUT2D eigenvalue weighted by molar-refractivity contribution is 5.74. The zero-order valence-corrected chi connectivity index (χ0v) is 46.6. The predicted molar refractivity (Wildman–Crippen MR) is 294 cm³/mol. The maximum absolute atomic E-state index is 13.1. The maximum atomic E-state index is 13.1. The van der Waals surface area contributed by atoms with Gasteiger partial charge < -0.3 is 39.0 Å². The van der Waals surface area contributed by atoms with Gasteiger partial charge in [-0.15, -0.1) is 0 Å². The zero-order chi connectivity index (χ0) is 53.3. The number of allylic oxidation sites excluding steroid dienone is 6. The van der Waals surface area contributed by atoms with Crippen molar-refractivity contribution in [3.05, 3.63) is 36.5 Å². The van der Waals surface area contributed by atoms with Crippen LogP contribution in [0.2, 0.25) is 0 Å². The molecule has 6 atom stereocenters. The smallest absolute Gasteiger partial charge is 0.335 e. The van der Waals surface area contributed by atoms with Gasteiger partial charge in [0.25, 0.3) is 0 Å². The lowest BCUT2D eigenvalue weighted by Gasteiger charge is -2.40. The second kappa shape index (κ2) is 49.8. The Labute approximate surface area is 444 Å². The number of hydrogen-bond donors (Lipinski definition) is 3. The van der Waals surface area contributed by atoms with Crippen LogP contribution in [0, 0.1) is 0 Å². The summed E-state index contributed by atoms with van der Waals surface area (Å²) in [7, 11) is 0. The molecule has 424 valence electrons. The van der Waals surface area contributed by atoms with E-state index in [4.69, 9.17) is 23.7 Å². The van der Waals surface area contributed by atoms with Crippen molar-refractivity contribution in [2.75, 3.05) is 13.2 Å². The van der Waals surface area contributed by atoms with E-state index in [1.54, 1.807) is 0 Å². The Morgan fingerprint density at radius 3 is 1.27 bits per heavy atom. The number of aliphatic hydroxyl groups excluding tert-OH is 2. The number of unbranched alkanes of at least 4 members (excludes halogenated alkanes) is 31. The number of rotatable bonds is 51. The van der Waals surface area contributed by atoms with E-state index in [0.717, 1.165) is 96.3 Å². The molecule has 0 aromatic rings. The standard InChI is InChI=1S/C61H108O12/c1-4-7-10-13-16-19-21-23-25-26-27-28-30-32-34-37-40-43-46-49-55(64)72-59-57(66)56(65)58(60(67)68)73-61(59)70-51-52(71-54(63)48-45-42-39-35-18-15-12-9-6-3)50-69-53(62)47-44-41-38-36-33-31-29-24-22-20-17-14-11-8-5-2/h16,19,23-25,29,52,56-59,61,65-66H,4-15,17-18,20-22,26-28,30-51H2,1-3H3,(H,67,68)/b19-16-,25-23-,29-24-. The fourth-order valence-corrected chi connectivity index (χ4v) is 9.04. The lowest BCUT2D eigenvalue weighted by atomic mass is 9.98. The van der Waals surface area contributed by atoms with Crippen molar-refractivity contribution in [3.63, 3.8) is 0 Å². The van der Waals surface area contributed by atoms with Crippen molar-refractivity contribution in [3.8, 4) is 0 Å². The zero-order valence-electron chi connectivity index (χ0n) is 46.6. The molecule has 3 N–H and O–H groups in total. The molecule has 12 heteroatoms. The van der Waals surface area contributed by atoms with Gasteiger partial charge >= 0.3 is 23.9 Å². The third kappa shape index (κ3) is 39.9. The van der Waals surface area contributed by atoms with E-state index < -0.39 is 67.3 Å². The number of aliphatic carboxylic acids is 1. The molecule has 1 heterocycles. The van der Waals surface area contributed by atoms with Crippen LogP contribution in [-0.4, -0.2) is 89.2 Å². The van der Waals surface area contributed by atoms with E-state index in [9.17, 15) is 34.5 Å². The van der Waals surface area contributed by atoms with Crippen LogP contribution in [0.1, 0.15) is 278 Å². The van der Waals surface area contributed by atoms with Crippen LogP contribution in [0.3, 0.4) is 0 Å². The molecule has 0 saturated carbocycles. The molecule has 1 fully saturated rings. The van der Waals surface area contributed by atoms with Crippen molar-refractivity contribution in [1.82, 2.24) is 0 Å². The van der Waals surface area contributed by atoms with Gasteiger partial charge in [-0.1, -0.05) is 218 Å². The number of esters is 3. The Morgan fingerprint density at radius 1 is 0.452 bits per heavy atom. The third-order valence-corrected chi connectivity index (χ3v) is 13.7. The highest BCUT2D eigenvalue weighted by atomic mass is 16.7. The second-order valence-electron chi connectivity index (χ2n) is 20.6. The molecule has 73 heavy (non-hydrogen) atoms. The molecule has 0 spiro atoms. The first-order chi connectivity index (χ1) is 35.6. The minimum atomic E-state index is -1.90. The van der Waals surface area contributed by atoms with Crippen molar-refractivity contribution < 1.29 is 58.2 Å². The summed E-state index contributed by atoms with van der Waals surface area (Å²) in [6.45, 7) is 5.95. The lowest BCUT2D eigenvalue weighted by Crippen LogP contribution is -2.61. The van der Waals surface area contributed by atoms with Crippen molar-refractivity contribution >= 4 is 23.9 Å². The molecule has 0 aromatic heterocycles. The van der Waals surface area contributed by atoms with E-state index in [0.29, 0.717) is 19.3 Å². The Bertz CT molecular complexity index is 1410. The van der Waals surface area contributed by atoms with Crippen molar-refractivity contribution in [2.24, 2.45) is 0 Å². The number of carboxylic acid groups (broad SMARTS) is 1. The number of carbonyl (C=O) groups excluding carboxylic acids is 3. The third-order valence-electron chi connectivity index (χ3n) is 13.7. The summed E-state index contributed by atoms with van der Waals surface area (Å²) in [5.41, 5.74) is 0. The molecule has 1 aliphatic rings. The number of hydrogen-bond acceptors (Lipinski definition) is 11. The molecule has 6 unspecified atom stereocenters. The van der Waals surface area contributed by atoms with Gasteiger partial charge in [0.15, 0.2) is 24.6 Å². The van der Waals surface area contributed by atoms with Gasteiger partial charge in [-0.3, -0.25) is 14.4 Å². The predicted octanol–water partition coefficient (Wildman–Crippen LogP) is 15.2. The summed E-state index contributed by atoms with van der Waals surface area (Å²) < 4.78 is 28.4. The first kappa shape index (κ1) is 68.0. The number of carboxylic acids is 1. The Balaban J connectivity index is 2.62. The molecular weight excluding hydrogens is 925 g/mol. The summed E-state index contributed by atoms with van der Waals surface area (Å²) in [5, 5.41) is 31.5. The molecule has 0 aliphatic carbocycles. The summed E-state index contributed by atoms with van der Waals surface area (Å²) in [6.07, 6.45) is 45.5. The topological polar surface area (TPSA) is 175 Å². The van der Waals surface area contributed by atoms with Crippen LogP contribution in [0.15, 0.2) is 36.5 Å². The first-order valence-electron chi connectivity index (χ1n) is 30.0. The van der Waals surface area contributed by atoms with Gasteiger partial charge in [0.05, 0.1) is 6.61 Å². The highest BCUT2D eigenvalue weighted by Crippen LogP contribution is 2.26. The molecule has 0 aromatic carbocycles. The first-order valence-corrected chi connectivity index (χ1v) is 30.0. The van der Waals surface area contributed by atoms with Crippen LogP contribution in [0.4, 0.5) is 0 Å². The normalized spacial score (nSPS) is 18.5. The lowest BCUT2D eigenvalue weighted by molar-refractivity contribution is -0.301. The summed E-state index contributed by atoms with van der Waals surface area (Å²) in [5.74, 6) is -3.11. The van der Waals surface area contributed by atoms with Gasteiger partial charge in [0.1, 0.15) is 18.8 Å². The summed E-state index contributed by atoms with van der Waals surface area (Å²) >= 11 is 0. The van der Waals surface area contributed by atoms with Crippen LogP contribution < -0.4 is 0 Å². The molecule has 1 aliphatic heterocycles.